The molecule has 4 heteroatoms. The highest BCUT2D eigenvalue weighted by Gasteiger charge is 2.47. The Balaban J connectivity index is 1.81. The van der Waals surface area contributed by atoms with Gasteiger partial charge in [-0.3, -0.25) is 4.79 Å². The fourth-order valence-corrected chi connectivity index (χ4v) is 2.74. The lowest BCUT2D eigenvalue weighted by molar-refractivity contribution is 0.0953. The van der Waals surface area contributed by atoms with Crippen LogP contribution >= 0.6 is 15.9 Å². The molecule has 2 unspecified atom stereocenters. The van der Waals surface area contributed by atoms with E-state index in [9.17, 15) is 4.79 Å². The van der Waals surface area contributed by atoms with Crippen LogP contribution in [0.15, 0.2) is 46.9 Å². The Kier molecular flexibility index (Phi) is 3.83. The average molecular weight is 347 g/mol. The lowest BCUT2D eigenvalue weighted by Gasteiger charge is -2.06. The first-order valence-corrected chi connectivity index (χ1v) is 7.49. The number of Topliss-reactive ketones (excluding diaryl/α,β-unsaturated/α-hetero) is 1. The van der Waals surface area contributed by atoms with E-state index in [2.05, 4.69) is 15.9 Å². The van der Waals surface area contributed by atoms with Gasteiger partial charge in [-0.25, -0.2) is 0 Å². The van der Waals surface area contributed by atoms with Gasteiger partial charge < -0.3 is 9.47 Å². The van der Waals surface area contributed by atoms with Crippen molar-refractivity contribution in [1.29, 1.82) is 0 Å². The van der Waals surface area contributed by atoms with Crippen LogP contribution in [0.5, 0.6) is 5.75 Å². The summed E-state index contributed by atoms with van der Waals surface area (Å²) in [6.07, 6.45) is -0.651. The zero-order chi connectivity index (χ0) is 15.0. The molecule has 2 atom stereocenters. The molecule has 3 rings (SSSR count). The van der Waals surface area contributed by atoms with E-state index in [0.717, 1.165) is 21.3 Å². The minimum atomic E-state index is -0.420. The summed E-state index contributed by atoms with van der Waals surface area (Å²) < 4.78 is 11.9. The van der Waals surface area contributed by atoms with E-state index in [1.807, 2.05) is 49.4 Å². The maximum Gasteiger partial charge on any atom is 0.194 e. The van der Waals surface area contributed by atoms with Crippen LogP contribution in [0.3, 0.4) is 0 Å². The van der Waals surface area contributed by atoms with Crippen molar-refractivity contribution in [2.75, 3.05) is 7.11 Å². The summed E-state index contributed by atoms with van der Waals surface area (Å²) in [4.78, 5) is 12.4. The summed E-state index contributed by atoms with van der Waals surface area (Å²) in [5.41, 5.74) is 2.72. The van der Waals surface area contributed by atoms with Gasteiger partial charge in [0.25, 0.3) is 0 Å². The van der Waals surface area contributed by atoms with Crippen molar-refractivity contribution >= 4 is 21.7 Å². The summed E-state index contributed by atoms with van der Waals surface area (Å²) in [5.74, 6) is 0.754. The average Bonchev–Trinajstić information content (AvgIpc) is 3.27. The highest BCUT2D eigenvalue weighted by molar-refractivity contribution is 9.10. The summed E-state index contributed by atoms with van der Waals surface area (Å²) in [6, 6.07) is 13.3. The number of hydrogen-bond acceptors (Lipinski definition) is 3. The molecular weight excluding hydrogens is 332 g/mol. The Morgan fingerprint density at radius 3 is 2.57 bits per heavy atom. The minimum Gasteiger partial charge on any atom is -0.496 e. The summed E-state index contributed by atoms with van der Waals surface area (Å²) in [5, 5.41) is 0. The second kappa shape index (κ2) is 5.62. The van der Waals surface area contributed by atoms with Crippen LogP contribution in [-0.2, 0) is 4.74 Å². The molecule has 0 bridgehead atoms. The quantitative estimate of drug-likeness (QED) is 0.618. The van der Waals surface area contributed by atoms with E-state index in [1.165, 1.54) is 0 Å². The van der Waals surface area contributed by atoms with Crippen LogP contribution < -0.4 is 4.74 Å². The van der Waals surface area contributed by atoms with Gasteiger partial charge in [-0.15, -0.1) is 0 Å². The number of ether oxygens (including phenoxy) is 2. The molecule has 1 aliphatic heterocycles. The van der Waals surface area contributed by atoms with Crippen LogP contribution in [0, 0.1) is 6.92 Å². The van der Waals surface area contributed by atoms with E-state index in [1.54, 1.807) is 7.11 Å². The van der Waals surface area contributed by atoms with Crippen molar-refractivity contribution < 1.29 is 14.3 Å². The normalized spacial score (nSPS) is 20.1. The molecule has 2 aromatic carbocycles. The number of methoxy groups -OCH3 is 1. The number of rotatable bonds is 4. The second-order valence-corrected chi connectivity index (χ2v) is 6.01. The van der Waals surface area contributed by atoms with E-state index >= 15 is 0 Å². The molecule has 1 aliphatic rings. The highest BCUT2D eigenvalue weighted by Crippen LogP contribution is 2.45. The maximum atomic E-state index is 12.4. The molecule has 1 heterocycles. The zero-order valence-corrected chi connectivity index (χ0v) is 13.4. The molecule has 0 saturated carbocycles. The Labute approximate surface area is 132 Å². The molecule has 0 aliphatic carbocycles. The molecule has 108 valence electrons. The van der Waals surface area contributed by atoms with Gasteiger partial charge in [-0.1, -0.05) is 45.8 Å². The van der Waals surface area contributed by atoms with Crippen molar-refractivity contribution in [2.45, 2.75) is 19.1 Å². The molecule has 21 heavy (non-hydrogen) atoms. The van der Waals surface area contributed by atoms with Crippen LogP contribution in [-0.4, -0.2) is 19.0 Å². The Morgan fingerprint density at radius 1 is 1.19 bits per heavy atom. The minimum absolute atomic E-state index is 0.0158. The van der Waals surface area contributed by atoms with Crippen molar-refractivity contribution in [3.8, 4) is 5.75 Å². The van der Waals surface area contributed by atoms with Gasteiger partial charge in [0.05, 0.1) is 7.11 Å². The van der Waals surface area contributed by atoms with Crippen LogP contribution in [0.1, 0.15) is 27.6 Å². The van der Waals surface area contributed by atoms with Gasteiger partial charge in [0, 0.05) is 15.6 Å². The molecule has 1 fully saturated rings. The molecule has 0 amide bonds. The zero-order valence-electron chi connectivity index (χ0n) is 11.8. The fourth-order valence-electron chi connectivity index (χ4n) is 2.36. The van der Waals surface area contributed by atoms with Gasteiger partial charge in [0.15, 0.2) is 11.9 Å². The maximum absolute atomic E-state index is 12.4. The Hall–Kier alpha value is -1.65. The third-order valence-corrected chi connectivity index (χ3v) is 4.08. The highest BCUT2D eigenvalue weighted by atomic mass is 79.9. The molecule has 0 radical (unpaired) electrons. The number of carbonyl (C=O) groups excluding carboxylic acids is 1. The summed E-state index contributed by atoms with van der Waals surface area (Å²) in [7, 11) is 1.62. The predicted molar refractivity (Wildman–Crippen MR) is 83.8 cm³/mol. The van der Waals surface area contributed by atoms with Gasteiger partial charge in [-0.05, 0) is 25.1 Å². The predicted octanol–water partition coefficient (Wildman–Crippen LogP) is 4.09. The lowest BCUT2D eigenvalue weighted by atomic mass is 10.0. The number of hydrogen-bond donors (Lipinski definition) is 0. The third kappa shape index (κ3) is 2.87. The Bertz CT molecular complexity index is 679. The first-order chi connectivity index (χ1) is 10.1. The van der Waals surface area contributed by atoms with Crippen molar-refractivity contribution in [2.24, 2.45) is 0 Å². The third-order valence-electron chi connectivity index (χ3n) is 3.58. The molecule has 2 aromatic rings. The summed E-state index contributed by atoms with van der Waals surface area (Å²) in [6.45, 7) is 2.00. The van der Waals surface area contributed by atoms with E-state index in [-0.39, 0.29) is 11.9 Å². The number of benzene rings is 2. The second-order valence-electron chi connectivity index (χ2n) is 5.09. The van der Waals surface area contributed by atoms with Crippen molar-refractivity contribution in [3.63, 3.8) is 0 Å². The van der Waals surface area contributed by atoms with E-state index < -0.39 is 6.10 Å². The lowest BCUT2D eigenvalue weighted by Crippen LogP contribution is -2.08. The standard InChI is InChI=1S/C17H15BrO3/c1-10-3-5-11(6-4-10)15(19)17-16(21-17)13-9-12(18)7-8-14(13)20-2/h3-9,16-17H,1-2H3. The first-order valence-electron chi connectivity index (χ1n) is 6.70. The van der Waals surface area contributed by atoms with Crippen LogP contribution in [0.4, 0.5) is 0 Å². The molecule has 0 N–H and O–H groups in total. The number of ketones is 1. The molecule has 3 nitrogen and oxygen atoms in total. The van der Waals surface area contributed by atoms with Crippen molar-refractivity contribution in [1.82, 2.24) is 0 Å². The Morgan fingerprint density at radius 2 is 1.90 bits per heavy atom. The molecular formula is C17H15BrO3. The largest absolute Gasteiger partial charge is 0.496 e. The number of aryl methyl sites for hydroxylation is 1. The smallest absolute Gasteiger partial charge is 0.194 e. The van der Waals surface area contributed by atoms with Crippen LogP contribution in [0.2, 0.25) is 0 Å². The molecule has 0 aromatic heterocycles. The van der Waals surface area contributed by atoms with E-state index in [0.29, 0.717) is 5.56 Å². The van der Waals surface area contributed by atoms with Gasteiger partial charge >= 0.3 is 0 Å². The molecule has 1 saturated heterocycles. The number of carbonyl (C=O) groups is 1. The van der Waals surface area contributed by atoms with Gasteiger partial charge in [0.1, 0.15) is 11.9 Å². The number of halogens is 1. The monoisotopic (exact) mass is 346 g/mol. The van der Waals surface area contributed by atoms with Gasteiger partial charge in [0.2, 0.25) is 0 Å². The topological polar surface area (TPSA) is 38.8 Å². The SMILES string of the molecule is COc1ccc(Br)cc1C1OC1C(=O)c1ccc(C)cc1. The molecule has 0 spiro atoms. The number of epoxide rings is 1. The van der Waals surface area contributed by atoms with Crippen molar-refractivity contribution in [3.05, 3.63) is 63.6 Å². The van der Waals surface area contributed by atoms with Gasteiger partial charge in [-0.2, -0.15) is 0 Å². The fraction of sp³-hybridized carbons (Fsp3) is 0.235. The first kappa shape index (κ1) is 14.3. The van der Waals surface area contributed by atoms with E-state index in [4.69, 9.17) is 9.47 Å². The van der Waals surface area contributed by atoms with Crippen LogP contribution in [0.25, 0.3) is 0 Å². The summed E-state index contributed by atoms with van der Waals surface area (Å²) >= 11 is 3.44.